The Balaban J connectivity index is 1.38. The van der Waals surface area contributed by atoms with E-state index >= 15 is 0 Å². The molecule has 1 saturated heterocycles. The SMILES string of the molecule is CCc1ccccc1N1C[C@@H](C(=O)Nc2ccc(Oc3ccc(Br)cc3)cc2)CC1=O. The number of hydrogen-bond acceptors (Lipinski definition) is 3. The van der Waals surface area contributed by atoms with Crippen molar-refractivity contribution in [3.63, 3.8) is 0 Å². The summed E-state index contributed by atoms with van der Waals surface area (Å²) in [6.07, 6.45) is 1.06. The van der Waals surface area contributed by atoms with Crippen LogP contribution in [-0.2, 0) is 16.0 Å². The number of para-hydroxylation sites is 1. The van der Waals surface area contributed by atoms with Crippen LogP contribution < -0.4 is 15.0 Å². The predicted octanol–water partition coefficient (Wildman–Crippen LogP) is 5.80. The molecular formula is C25H23BrN2O3. The Bertz CT molecular complexity index is 1080. The zero-order valence-electron chi connectivity index (χ0n) is 17.2. The molecule has 4 rings (SSSR count). The number of hydrogen-bond donors (Lipinski definition) is 1. The minimum atomic E-state index is -0.379. The average Bonchev–Trinajstić information content (AvgIpc) is 3.18. The van der Waals surface area contributed by atoms with E-state index in [1.165, 1.54) is 0 Å². The Morgan fingerprint density at radius 2 is 1.68 bits per heavy atom. The van der Waals surface area contributed by atoms with Crippen molar-refractivity contribution in [3.8, 4) is 11.5 Å². The Morgan fingerprint density at radius 3 is 2.35 bits per heavy atom. The van der Waals surface area contributed by atoms with Crippen LogP contribution in [0.25, 0.3) is 0 Å². The lowest BCUT2D eigenvalue weighted by Crippen LogP contribution is -2.28. The van der Waals surface area contributed by atoms with Gasteiger partial charge in [0, 0.05) is 28.8 Å². The average molecular weight is 479 g/mol. The number of rotatable bonds is 6. The second-order valence-corrected chi connectivity index (χ2v) is 8.37. The molecular weight excluding hydrogens is 456 g/mol. The van der Waals surface area contributed by atoms with Crippen LogP contribution in [0, 0.1) is 5.92 Å². The number of nitrogens with one attached hydrogen (secondary N) is 1. The highest BCUT2D eigenvalue weighted by atomic mass is 79.9. The van der Waals surface area contributed by atoms with E-state index in [0.29, 0.717) is 18.0 Å². The Labute approximate surface area is 190 Å². The molecule has 31 heavy (non-hydrogen) atoms. The van der Waals surface area contributed by atoms with Crippen molar-refractivity contribution in [2.75, 3.05) is 16.8 Å². The number of aryl methyl sites for hydroxylation is 1. The molecule has 1 aliphatic rings. The van der Waals surface area contributed by atoms with Crippen LogP contribution in [0.1, 0.15) is 18.9 Å². The van der Waals surface area contributed by atoms with Gasteiger partial charge in [0.05, 0.1) is 5.92 Å². The van der Waals surface area contributed by atoms with Gasteiger partial charge in [-0.3, -0.25) is 9.59 Å². The molecule has 0 aliphatic carbocycles. The van der Waals surface area contributed by atoms with Gasteiger partial charge in [-0.25, -0.2) is 0 Å². The summed E-state index contributed by atoms with van der Waals surface area (Å²) in [5, 5.41) is 2.92. The standard InChI is InChI=1S/C25H23BrN2O3/c1-2-17-5-3-4-6-23(17)28-16-18(15-24(28)29)25(30)27-20-9-13-22(14-10-20)31-21-11-7-19(26)8-12-21/h3-14,18H,2,15-16H2,1H3,(H,27,30)/t18-/m0/s1. The van der Waals surface area contributed by atoms with Crippen molar-refractivity contribution >= 4 is 39.1 Å². The van der Waals surface area contributed by atoms with Crippen molar-refractivity contribution in [2.45, 2.75) is 19.8 Å². The quantitative estimate of drug-likeness (QED) is 0.487. The number of nitrogens with zero attached hydrogens (tertiary/aromatic N) is 1. The van der Waals surface area contributed by atoms with Crippen LogP contribution in [0.4, 0.5) is 11.4 Å². The van der Waals surface area contributed by atoms with E-state index in [9.17, 15) is 9.59 Å². The van der Waals surface area contributed by atoms with Gasteiger partial charge in [-0.2, -0.15) is 0 Å². The highest BCUT2D eigenvalue weighted by Gasteiger charge is 2.35. The van der Waals surface area contributed by atoms with Crippen LogP contribution in [0.15, 0.2) is 77.3 Å². The molecule has 3 aromatic carbocycles. The molecule has 0 bridgehead atoms. The lowest BCUT2D eigenvalue weighted by Gasteiger charge is -2.20. The lowest BCUT2D eigenvalue weighted by molar-refractivity contribution is -0.122. The topological polar surface area (TPSA) is 58.6 Å². The third-order valence-electron chi connectivity index (χ3n) is 5.33. The summed E-state index contributed by atoms with van der Waals surface area (Å²) in [5.41, 5.74) is 2.69. The first-order valence-electron chi connectivity index (χ1n) is 10.3. The number of halogens is 1. The van der Waals surface area contributed by atoms with E-state index in [-0.39, 0.29) is 24.2 Å². The van der Waals surface area contributed by atoms with Gasteiger partial charge >= 0.3 is 0 Å². The smallest absolute Gasteiger partial charge is 0.229 e. The molecule has 0 radical (unpaired) electrons. The molecule has 6 heteroatoms. The molecule has 1 atom stereocenters. The second-order valence-electron chi connectivity index (χ2n) is 7.46. The minimum absolute atomic E-state index is 0.0145. The molecule has 0 aromatic heterocycles. The molecule has 0 saturated carbocycles. The van der Waals surface area contributed by atoms with E-state index in [2.05, 4.69) is 28.2 Å². The molecule has 1 heterocycles. The number of carbonyl (C=O) groups excluding carboxylic acids is 2. The zero-order chi connectivity index (χ0) is 21.8. The van der Waals surface area contributed by atoms with Gasteiger partial charge in [0.25, 0.3) is 0 Å². The highest BCUT2D eigenvalue weighted by molar-refractivity contribution is 9.10. The molecule has 1 N–H and O–H groups in total. The first kappa shape index (κ1) is 21.1. The third-order valence-corrected chi connectivity index (χ3v) is 5.86. The van der Waals surface area contributed by atoms with Crippen molar-refractivity contribution in [3.05, 3.63) is 82.8 Å². The van der Waals surface area contributed by atoms with E-state index in [1.807, 2.05) is 48.5 Å². The molecule has 3 aromatic rings. The molecule has 0 spiro atoms. The molecule has 0 unspecified atom stereocenters. The fourth-order valence-electron chi connectivity index (χ4n) is 3.68. The largest absolute Gasteiger partial charge is 0.457 e. The number of benzene rings is 3. The zero-order valence-corrected chi connectivity index (χ0v) is 18.8. The van der Waals surface area contributed by atoms with Crippen LogP contribution >= 0.6 is 15.9 Å². The summed E-state index contributed by atoms with van der Waals surface area (Å²) in [4.78, 5) is 27.1. The van der Waals surface area contributed by atoms with Gasteiger partial charge in [-0.1, -0.05) is 41.1 Å². The minimum Gasteiger partial charge on any atom is -0.457 e. The van der Waals surface area contributed by atoms with Gasteiger partial charge in [0.15, 0.2) is 0 Å². The summed E-state index contributed by atoms with van der Waals surface area (Å²) in [6, 6.07) is 22.6. The second kappa shape index (κ2) is 9.35. The molecule has 1 fully saturated rings. The number of amides is 2. The summed E-state index contributed by atoms with van der Waals surface area (Å²) >= 11 is 3.40. The van der Waals surface area contributed by atoms with Crippen molar-refractivity contribution in [2.24, 2.45) is 5.92 Å². The summed E-state index contributed by atoms with van der Waals surface area (Å²) in [6.45, 7) is 2.46. The maximum absolute atomic E-state index is 12.8. The van der Waals surface area contributed by atoms with Crippen LogP contribution in [0.2, 0.25) is 0 Å². The lowest BCUT2D eigenvalue weighted by atomic mass is 10.1. The maximum atomic E-state index is 12.8. The van der Waals surface area contributed by atoms with E-state index in [1.54, 1.807) is 29.2 Å². The summed E-state index contributed by atoms with van der Waals surface area (Å²) < 4.78 is 6.79. The van der Waals surface area contributed by atoms with E-state index in [0.717, 1.165) is 27.9 Å². The number of anilines is 2. The van der Waals surface area contributed by atoms with Gasteiger partial charge in [0.1, 0.15) is 11.5 Å². The fraction of sp³-hybridized carbons (Fsp3) is 0.200. The van der Waals surface area contributed by atoms with Crippen LogP contribution in [0.3, 0.4) is 0 Å². The number of ether oxygens (including phenoxy) is 1. The number of carbonyl (C=O) groups is 2. The first-order valence-corrected chi connectivity index (χ1v) is 11.1. The van der Waals surface area contributed by atoms with Gasteiger partial charge in [0.2, 0.25) is 11.8 Å². The fourth-order valence-corrected chi connectivity index (χ4v) is 3.94. The van der Waals surface area contributed by atoms with Crippen LogP contribution in [-0.4, -0.2) is 18.4 Å². The third kappa shape index (κ3) is 4.97. The molecule has 158 valence electrons. The molecule has 2 amide bonds. The highest BCUT2D eigenvalue weighted by Crippen LogP contribution is 2.30. The Hall–Kier alpha value is -3.12. The first-order chi connectivity index (χ1) is 15.0. The van der Waals surface area contributed by atoms with Gasteiger partial charge in [-0.05, 0) is 66.6 Å². The van der Waals surface area contributed by atoms with Crippen molar-refractivity contribution < 1.29 is 14.3 Å². The van der Waals surface area contributed by atoms with E-state index < -0.39 is 0 Å². The summed E-state index contributed by atoms with van der Waals surface area (Å²) in [7, 11) is 0. The Morgan fingerprint density at radius 1 is 1.03 bits per heavy atom. The summed E-state index contributed by atoms with van der Waals surface area (Å²) in [5.74, 6) is 0.873. The normalized spacial score (nSPS) is 15.7. The van der Waals surface area contributed by atoms with Crippen molar-refractivity contribution in [1.29, 1.82) is 0 Å². The van der Waals surface area contributed by atoms with Gasteiger partial charge in [-0.15, -0.1) is 0 Å². The molecule has 5 nitrogen and oxygen atoms in total. The van der Waals surface area contributed by atoms with Gasteiger partial charge < -0.3 is 15.0 Å². The van der Waals surface area contributed by atoms with Crippen LogP contribution in [0.5, 0.6) is 11.5 Å². The maximum Gasteiger partial charge on any atom is 0.229 e. The molecule has 1 aliphatic heterocycles. The van der Waals surface area contributed by atoms with E-state index in [4.69, 9.17) is 4.74 Å². The predicted molar refractivity (Wildman–Crippen MR) is 126 cm³/mol. The van der Waals surface area contributed by atoms with Crippen molar-refractivity contribution in [1.82, 2.24) is 0 Å². The Kier molecular flexibility index (Phi) is 6.37. The monoisotopic (exact) mass is 478 g/mol.